The Kier molecular flexibility index (Phi) is 7.55. The van der Waals surface area contributed by atoms with Gasteiger partial charge in [0.25, 0.3) is 0 Å². The lowest BCUT2D eigenvalue weighted by atomic mass is 9.96. The molecule has 7 heteroatoms. The molecule has 0 fully saturated rings. The molecule has 176 valence electrons. The van der Waals surface area contributed by atoms with E-state index >= 15 is 0 Å². The molecule has 4 aromatic rings. The van der Waals surface area contributed by atoms with E-state index in [1.54, 1.807) is 0 Å². The van der Waals surface area contributed by atoms with Gasteiger partial charge < -0.3 is 14.8 Å². The number of carbonyl (C=O) groups excluding carboxylic acids is 1. The van der Waals surface area contributed by atoms with Crippen molar-refractivity contribution in [2.24, 2.45) is 0 Å². The Hall–Kier alpha value is -3.29. The molecule has 4 rings (SSSR count). The minimum atomic E-state index is -0.291. The number of thiazole rings is 1. The first-order chi connectivity index (χ1) is 16.4. The number of nitrogens with zero attached hydrogens (tertiary/aromatic N) is 4. The van der Waals surface area contributed by atoms with Gasteiger partial charge in [0.2, 0.25) is 5.91 Å². The second kappa shape index (κ2) is 10.8. The number of rotatable bonds is 9. The largest absolute Gasteiger partial charge is 0.329 e. The van der Waals surface area contributed by atoms with Gasteiger partial charge in [0.1, 0.15) is 5.65 Å². The van der Waals surface area contributed by atoms with Crippen LogP contribution in [-0.2, 0) is 17.8 Å². The van der Waals surface area contributed by atoms with E-state index in [4.69, 9.17) is 4.98 Å². The van der Waals surface area contributed by atoms with Crippen LogP contribution in [0.2, 0.25) is 0 Å². The molecule has 34 heavy (non-hydrogen) atoms. The normalized spacial score (nSPS) is 12.6. The second-order valence-electron chi connectivity index (χ2n) is 8.66. The summed E-state index contributed by atoms with van der Waals surface area (Å²) >= 11 is 1.52. The maximum absolute atomic E-state index is 12.8. The highest BCUT2D eigenvalue weighted by Gasteiger charge is 2.17. The van der Waals surface area contributed by atoms with Gasteiger partial charge in [0.15, 0.2) is 5.13 Å². The lowest BCUT2D eigenvalue weighted by Gasteiger charge is -2.13. The molecule has 3 heterocycles. The number of likely N-dealkylation sites (N-methyl/N-ethyl adjacent to an activating group) is 1. The third-order valence-corrected chi connectivity index (χ3v) is 6.84. The Balaban J connectivity index is 1.49. The van der Waals surface area contributed by atoms with E-state index in [0.717, 1.165) is 52.1 Å². The number of hydrogen-bond acceptors (Lipinski definition) is 5. The van der Waals surface area contributed by atoms with E-state index in [2.05, 4.69) is 83.4 Å². The van der Waals surface area contributed by atoms with Crippen LogP contribution in [0, 0.1) is 0 Å². The molecule has 0 aliphatic rings. The average Bonchev–Trinajstić information content (AvgIpc) is 3.47. The first-order valence-corrected chi connectivity index (χ1v) is 12.4. The van der Waals surface area contributed by atoms with E-state index in [1.165, 1.54) is 11.3 Å². The Bertz CT molecular complexity index is 1300. The first kappa shape index (κ1) is 23.9. The van der Waals surface area contributed by atoms with Crippen LogP contribution in [0.4, 0.5) is 5.13 Å². The van der Waals surface area contributed by atoms with Crippen LogP contribution in [0.5, 0.6) is 0 Å². The van der Waals surface area contributed by atoms with Gasteiger partial charge in [-0.1, -0.05) is 43.3 Å². The number of aromatic nitrogens is 3. The highest BCUT2D eigenvalue weighted by Crippen LogP contribution is 2.28. The number of benzene rings is 1. The third kappa shape index (κ3) is 5.61. The van der Waals surface area contributed by atoms with Crippen molar-refractivity contribution in [3.05, 3.63) is 77.6 Å². The zero-order chi connectivity index (χ0) is 24.1. The summed E-state index contributed by atoms with van der Waals surface area (Å²) in [6, 6.07) is 12.4. The molecule has 3 aromatic heterocycles. The van der Waals surface area contributed by atoms with Gasteiger partial charge in [-0.15, -0.1) is 11.3 Å². The number of hydrogen-bond donors (Lipinski definition) is 1. The molecule has 1 amide bonds. The number of pyridine rings is 1. The number of aryl methyl sites for hydroxylation is 1. The predicted octanol–water partition coefficient (Wildman–Crippen LogP) is 5.58. The van der Waals surface area contributed by atoms with Crippen molar-refractivity contribution >= 4 is 33.4 Å². The molecular formula is C27H31N5OS. The van der Waals surface area contributed by atoms with Crippen molar-refractivity contribution in [1.29, 1.82) is 0 Å². The zero-order valence-corrected chi connectivity index (χ0v) is 21.0. The predicted molar refractivity (Wildman–Crippen MR) is 141 cm³/mol. The number of fused-ring (bicyclic) bond motifs is 1. The molecule has 0 bridgehead atoms. The van der Waals surface area contributed by atoms with Crippen molar-refractivity contribution in [3.8, 4) is 11.1 Å². The lowest BCUT2D eigenvalue weighted by molar-refractivity contribution is -0.117. The minimum Gasteiger partial charge on any atom is -0.329 e. The van der Waals surface area contributed by atoms with Crippen LogP contribution in [-0.4, -0.2) is 46.0 Å². The van der Waals surface area contributed by atoms with Gasteiger partial charge in [0, 0.05) is 47.5 Å². The number of nitrogens with one attached hydrogen (secondary N) is 1. The van der Waals surface area contributed by atoms with Crippen molar-refractivity contribution in [2.75, 3.05) is 26.0 Å². The van der Waals surface area contributed by atoms with Crippen LogP contribution in [0.1, 0.15) is 30.2 Å². The first-order valence-electron chi connectivity index (χ1n) is 11.5. The smallest absolute Gasteiger partial charge is 0.233 e. The lowest BCUT2D eigenvalue weighted by Crippen LogP contribution is -2.18. The Morgan fingerprint density at radius 3 is 2.76 bits per heavy atom. The van der Waals surface area contributed by atoms with E-state index in [0.29, 0.717) is 5.13 Å². The van der Waals surface area contributed by atoms with E-state index in [9.17, 15) is 4.79 Å². The molecular weight excluding hydrogens is 442 g/mol. The van der Waals surface area contributed by atoms with Crippen LogP contribution in [0.3, 0.4) is 0 Å². The Morgan fingerprint density at radius 2 is 2.00 bits per heavy atom. The van der Waals surface area contributed by atoms with E-state index in [-0.39, 0.29) is 11.8 Å². The van der Waals surface area contributed by atoms with Gasteiger partial charge in [-0.3, -0.25) is 4.79 Å². The summed E-state index contributed by atoms with van der Waals surface area (Å²) in [4.78, 5) is 25.1. The summed E-state index contributed by atoms with van der Waals surface area (Å²) in [5.74, 6) is -0.345. The monoisotopic (exact) mass is 473 g/mol. The zero-order valence-electron chi connectivity index (χ0n) is 20.2. The number of anilines is 1. The molecule has 1 atom stereocenters. The molecule has 0 unspecified atom stereocenters. The van der Waals surface area contributed by atoms with Gasteiger partial charge in [-0.05, 0) is 50.7 Å². The number of amides is 1. The molecule has 0 aliphatic heterocycles. The number of carbonyl (C=O) groups is 1. The fourth-order valence-electron chi connectivity index (χ4n) is 3.74. The maximum Gasteiger partial charge on any atom is 0.233 e. The second-order valence-corrected chi connectivity index (χ2v) is 9.78. The van der Waals surface area contributed by atoms with Crippen LogP contribution < -0.4 is 5.32 Å². The molecule has 6 nitrogen and oxygen atoms in total. The number of allylic oxidation sites excluding steroid dienone is 1. The maximum atomic E-state index is 12.8. The van der Waals surface area contributed by atoms with Crippen molar-refractivity contribution in [3.63, 3.8) is 0 Å². The van der Waals surface area contributed by atoms with E-state index < -0.39 is 0 Å². The van der Waals surface area contributed by atoms with Gasteiger partial charge in [-0.25, -0.2) is 9.97 Å². The summed E-state index contributed by atoms with van der Waals surface area (Å²) < 4.78 is 2.15. The van der Waals surface area contributed by atoms with Gasteiger partial charge in [0.05, 0.1) is 5.92 Å². The molecule has 1 aromatic carbocycles. The summed E-state index contributed by atoms with van der Waals surface area (Å²) in [6.07, 6.45) is 11.1. The summed E-state index contributed by atoms with van der Waals surface area (Å²) in [6.45, 7) is 5.73. The molecule has 0 radical (unpaired) electrons. The van der Waals surface area contributed by atoms with Crippen molar-refractivity contribution in [1.82, 2.24) is 19.4 Å². The standard InChI is InChI=1S/C27H31N5OS/c1-5-24-18-29-27(34-24)30-26(33)19(2)20-9-8-10-21(15-20)23-16-22-11-14-32(25(22)28-17-23)13-7-6-12-31(3)4/h6-11,14-19H,5,12-13H2,1-4H3,(H,29,30,33)/b7-6+/t19-/m0/s1. The molecule has 0 saturated heterocycles. The van der Waals surface area contributed by atoms with Crippen molar-refractivity contribution in [2.45, 2.75) is 32.7 Å². The molecule has 0 aliphatic carbocycles. The molecule has 0 saturated carbocycles. The molecule has 0 spiro atoms. The van der Waals surface area contributed by atoms with Crippen molar-refractivity contribution < 1.29 is 4.79 Å². The summed E-state index contributed by atoms with van der Waals surface area (Å²) in [5, 5.41) is 4.71. The van der Waals surface area contributed by atoms with E-state index in [1.807, 2.05) is 31.5 Å². The SMILES string of the molecule is CCc1cnc(NC(=O)[C@@H](C)c2cccc(-c3cnc4c(ccn4C/C=C/CN(C)C)c3)c2)s1. The third-order valence-electron chi connectivity index (χ3n) is 5.79. The van der Waals surface area contributed by atoms with Gasteiger partial charge in [-0.2, -0.15) is 0 Å². The molecule has 1 N–H and O–H groups in total. The fraction of sp³-hybridized carbons (Fsp3) is 0.296. The van der Waals surface area contributed by atoms with Crippen LogP contribution >= 0.6 is 11.3 Å². The summed E-state index contributed by atoms with van der Waals surface area (Å²) in [5.41, 5.74) is 4.02. The fourth-order valence-corrected chi connectivity index (χ4v) is 4.49. The quantitative estimate of drug-likeness (QED) is 0.322. The summed E-state index contributed by atoms with van der Waals surface area (Å²) in [7, 11) is 4.12. The highest BCUT2D eigenvalue weighted by atomic mass is 32.1. The highest BCUT2D eigenvalue weighted by molar-refractivity contribution is 7.15. The van der Waals surface area contributed by atoms with Crippen LogP contribution in [0.25, 0.3) is 22.2 Å². The Morgan fingerprint density at radius 1 is 1.15 bits per heavy atom. The Labute approximate surface area is 205 Å². The average molecular weight is 474 g/mol. The van der Waals surface area contributed by atoms with Gasteiger partial charge >= 0.3 is 0 Å². The van der Waals surface area contributed by atoms with Crippen LogP contribution in [0.15, 0.2) is 67.1 Å². The minimum absolute atomic E-state index is 0.0536. The topological polar surface area (TPSA) is 63.1 Å².